The van der Waals surface area contributed by atoms with Crippen LogP contribution in [0.1, 0.15) is 24.9 Å². The number of nitrogens with zero attached hydrogens (tertiary/aromatic N) is 1. The zero-order chi connectivity index (χ0) is 10.5. The molecule has 2 heteroatoms. The molecule has 0 saturated carbocycles. The molecule has 0 spiro atoms. The third kappa shape index (κ3) is 2.58. The Morgan fingerprint density at radius 1 is 1.33 bits per heavy atom. The summed E-state index contributed by atoms with van der Waals surface area (Å²) in [6.07, 6.45) is 1.21. The standard InChI is InChI=1S/C13H19NO/c1-2-8-14-9-10-15-11-13(14)12-6-4-3-5-7-12/h3-7,13H,2,8-11H2,1H3. The molecule has 1 aliphatic rings. The van der Waals surface area contributed by atoms with E-state index in [9.17, 15) is 0 Å². The molecule has 0 N–H and O–H groups in total. The minimum absolute atomic E-state index is 0.458. The van der Waals surface area contributed by atoms with Gasteiger partial charge in [-0.1, -0.05) is 37.3 Å². The molecule has 1 atom stereocenters. The summed E-state index contributed by atoms with van der Waals surface area (Å²) in [6.45, 7) is 6.18. The summed E-state index contributed by atoms with van der Waals surface area (Å²) < 4.78 is 5.57. The Bertz CT molecular complexity index is 284. The van der Waals surface area contributed by atoms with E-state index in [4.69, 9.17) is 4.74 Å². The first-order chi connectivity index (χ1) is 7.42. The molecule has 1 heterocycles. The monoisotopic (exact) mass is 205 g/mol. The van der Waals surface area contributed by atoms with Crippen LogP contribution in [0.5, 0.6) is 0 Å². The molecule has 0 amide bonds. The maximum Gasteiger partial charge on any atom is 0.0664 e. The van der Waals surface area contributed by atoms with Gasteiger partial charge in [-0.3, -0.25) is 4.90 Å². The van der Waals surface area contributed by atoms with Crippen LogP contribution in [0.15, 0.2) is 30.3 Å². The van der Waals surface area contributed by atoms with Crippen molar-refractivity contribution in [3.05, 3.63) is 35.9 Å². The summed E-state index contributed by atoms with van der Waals surface area (Å²) in [5.41, 5.74) is 1.38. The van der Waals surface area contributed by atoms with E-state index in [1.165, 1.54) is 18.5 Å². The van der Waals surface area contributed by atoms with Crippen LogP contribution in [0.2, 0.25) is 0 Å². The predicted octanol–water partition coefficient (Wildman–Crippen LogP) is 2.47. The minimum atomic E-state index is 0.458. The van der Waals surface area contributed by atoms with Gasteiger partial charge in [0.25, 0.3) is 0 Å². The van der Waals surface area contributed by atoms with Crippen LogP contribution < -0.4 is 0 Å². The van der Waals surface area contributed by atoms with Gasteiger partial charge in [-0.2, -0.15) is 0 Å². The largest absolute Gasteiger partial charge is 0.378 e. The van der Waals surface area contributed by atoms with Gasteiger partial charge in [0.15, 0.2) is 0 Å². The number of hydrogen-bond acceptors (Lipinski definition) is 2. The van der Waals surface area contributed by atoms with E-state index in [-0.39, 0.29) is 0 Å². The van der Waals surface area contributed by atoms with Gasteiger partial charge < -0.3 is 4.74 Å². The molecule has 2 nitrogen and oxygen atoms in total. The highest BCUT2D eigenvalue weighted by Crippen LogP contribution is 2.23. The second-order valence-corrected chi connectivity index (χ2v) is 4.04. The van der Waals surface area contributed by atoms with Crippen molar-refractivity contribution < 1.29 is 4.74 Å². The SMILES string of the molecule is CCCN1CCOCC1c1ccccc1. The smallest absolute Gasteiger partial charge is 0.0664 e. The number of rotatable bonds is 3. The quantitative estimate of drug-likeness (QED) is 0.751. The van der Waals surface area contributed by atoms with E-state index in [2.05, 4.69) is 42.2 Å². The number of morpholine rings is 1. The Labute approximate surface area is 91.9 Å². The molecule has 1 aromatic carbocycles. The van der Waals surface area contributed by atoms with Crippen molar-refractivity contribution in [1.82, 2.24) is 4.90 Å². The fourth-order valence-corrected chi connectivity index (χ4v) is 2.18. The van der Waals surface area contributed by atoms with Gasteiger partial charge in [0, 0.05) is 6.54 Å². The fourth-order valence-electron chi connectivity index (χ4n) is 2.18. The lowest BCUT2D eigenvalue weighted by atomic mass is 10.0. The van der Waals surface area contributed by atoms with Crippen molar-refractivity contribution >= 4 is 0 Å². The van der Waals surface area contributed by atoms with Crippen LogP contribution in [0, 0.1) is 0 Å². The third-order valence-corrected chi connectivity index (χ3v) is 2.93. The summed E-state index contributed by atoms with van der Waals surface area (Å²) in [5, 5.41) is 0. The highest BCUT2D eigenvalue weighted by atomic mass is 16.5. The molecule has 82 valence electrons. The van der Waals surface area contributed by atoms with E-state index >= 15 is 0 Å². The summed E-state index contributed by atoms with van der Waals surface area (Å²) >= 11 is 0. The fraction of sp³-hybridized carbons (Fsp3) is 0.538. The van der Waals surface area contributed by atoms with Crippen molar-refractivity contribution in [3.63, 3.8) is 0 Å². The van der Waals surface area contributed by atoms with Gasteiger partial charge in [0.1, 0.15) is 0 Å². The van der Waals surface area contributed by atoms with E-state index in [0.717, 1.165) is 19.8 Å². The van der Waals surface area contributed by atoms with Gasteiger partial charge in [0.05, 0.1) is 19.3 Å². The van der Waals surface area contributed by atoms with Crippen molar-refractivity contribution in [3.8, 4) is 0 Å². The molecule has 15 heavy (non-hydrogen) atoms. The molecule has 0 bridgehead atoms. The second-order valence-electron chi connectivity index (χ2n) is 4.04. The molecule has 1 saturated heterocycles. The number of ether oxygens (including phenoxy) is 1. The highest BCUT2D eigenvalue weighted by Gasteiger charge is 2.23. The third-order valence-electron chi connectivity index (χ3n) is 2.93. The van der Waals surface area contributed by atoms with Gasteiger partial charge in [-0.05, 0) is 18.5 Å². The molecule has 1 aliphatic heterocycles. The van der Waals surface area contributed by atoms with Crippen molar-refractivity contribution in [1.29, 1.82) is 0 Å². The lowest BCUT2D eigenvalue weighted by Gasteiger charge is -2.35. The Hall–Kier alpha value is -0.860. The van der Waals surface area contributed by atoms with Crippen molar-refractivity contribution in [2.45, 2.75) is 19.4 Å². The normalized spacial score (nSPS) is 22.9. The first-order valence-corrected chi connectivity index (χ1v) is 5.78. The first-order valence-electron chi connectivity index (χ1n) is 5.78. The molecule has 1 unspecified atom stereocenters. The van der Waals surface area contributed by atoms with Gasteiger partial charge in [0.2, 0.25) is 0 Å². The van der Waals surface area contributed by atoms with Crippen LogP contribution in [0.4, 0.5) is 0 Å². The Kier molecular flexibility index (Phi) is 3.75. The van der Waals surface area contributed by atoms with Gasteiger partial charge in [-0.15, -0.1) is 0 Å². The molecule has 1 fully saturated rings. The van der Waals surface area contributed by atoms with Crippen molar-refractivity contribution in [2.24, 2.45) is 0 Å². The summed E-state index contributed by atoms with van der Waals surface area (Å²) in [5.74, 6) is 0. The van der Waals surface area contributed by atoms with Crippen LogP contribution >= 0.6 is 0 Å². The molecule has 0 aromatic heterocycles. The topological polar surface area (TPSA) is 12.5 Å². The Morgan fingerprint density at radius 2 is 2.13 bits per heavy atom. The second kappa shape index (κ2) is 5.29. The first kappa shape index (κ1) is 10.7. The van der Waals surface area contributed by atoms with E-state index in [1.54, 1.807) is 0 Å². The molecule has 1 aromatic rings. The van der Waals surface area contributed by atoms with Crippen LogP contribution in [-0.2, 0) is 4.74 Å². The summed E-state index contributed by atoms with van der Waals surface area (Å²) in [4.78, 5) is 2.53. The lowest BCUT2D eigenvalue weighted by Crippen LogP contribution is -2.39. The number of hydrogen-bond donors (Lipinski definition) is 0. The average Bonchev–Trinajstić information content (AvgIpc) is 2.31. The van der Waals surface area contributed by atoms with Gasteiger partial charge in [-0.25, -0.2) is 0 Å². The zero-order valence-corrected chi connectivity index (χ0v) is 9.36. The maximum atomic E-state index is 5.57. The molecule has 0 radical (unpaired) electrons. The number of benzene rings is 1. The molecular weight excluding hydrogens is 186 g/mol. The molecular formula is C13H19NO. The Morgan fingerprint density at radius 3 is 2.87 bits per heavy atom. The zero-order valence-electron chi connectivity index (χ0n) is 9.36. The summed E-state index contributed by atoms with van der Waals surface area (Å²) in [7, 11) is 0. The van der Waals surface area contributed by atoms with Crippen molar-refractivity contribution in [2.75, 3.05) is 26.3 Å². The molecule has 2 rings (SSSR count). The predicted molar refractivity (Wildman–Crippen MR) is 61.9 cm³/mol. The maximum absolute atomic E-state index is 5.57. The van der Waals surface area contributed by atoms with Crippen LogP contribution in [-0.4, -0.2) is 31.2 Å². The Balaban J connectivity index is 2.11. The van der Waals surface area contributed by atoms with E-state index in [0.29, 0.717) is 6.04 Å². The van der Waals surface area contributed by atoms with Crippen LogP contribution in [0.3, 0.4) is 0 Å². The van der Waals surface area contributed by atoms with Crippen LogP contribution in [0.25, 0.3) is 0 Å². The average molecular weight is 205 g/mol. The lowest BCUT2D eigenvalue weighted by molar-refractivity contribution is -0.00829. The molecule has 0 aliphatic carbocycles. The van der Waals surface area contributed by atoms with Gasteiger partial charge >= 0.3 is 0 Å². The minimum Gasteiger partial charge on any atom is -0.378 e. The van der Waals surface area contributed by atoms with E-state index in [1.807, 2.05) is 0 Å². The highest BCUT2D eigenvalue weighted by molar-refractivity contribution is 5.19. The summed E-state index contributed by atoms with van der Waals surface area (Å²) in [6, 6.07) is 11.1. The van der Waals surface area contributed by atoms with E-state index < -0.39 is 0 Å².